The molecule has 0 bridgehead atoms. The highest BCUT2D eigenvalue weighted by atomic mass is 16.2. The lowest BCUT2D eigenvalue weighted by Gasteiger charge is -2.47. The Kier molecular flexibility index (Phi) is 6.31. The normalized spacial score (nSPS) is 21.2. The van der Waals surface area contributed by atoms with Gasteiger partial charge in [-0.1, -0.05) is 18.2 Å². The third-order valence-corrected chi connectivity index (χ3v) is 6.85. The molecular formula is C25H35N5O3. The Balaban J connectivity index is 1.33. The van der Waals surface area contributed by atoms with Gasteiger partial charge < -0.3 is 15.5 Å². The summed E-state index contributed by atoms with van der Waals surface area (Å²) in [5.74, 6) is 0.0107. The second-order valence-electron chi connectivity index (χ2n) is 10.9. The molecular weight excluding hydrogens is 418 g/mol. The van der Waals surface area contributed by atoms with E-state index in [1.165, 1.54) is 0 Å². The van der Waals surface area contributed by atoms with Gasteiger partial charge in [0.15, 0.2) is 0 Å². The molecule has 1 aromatic carbocycles. The Morgan fingerprint density at radius 3 is 2.30 bits per heavy atom. The number of hydrogen-bond acceptors (Lipinski definition) is 5. The molecule has 4 rings (SSSR count). The summed E-state index contributed by atoms with van der Waals surface area (Å²) in [6.45, 7) is 9.83. The Labute approximate surface area is 194 Å². The molecule has 3 heterocycles. The van der Waals surface area contributed by atoms with Gasteiger partial charge in [0.05, 0.1) is 17.5 Å². The molecule has 0 atom stereocenters. The Morgan fingerprint density at radius 1 is 1.06 bits per heavy atom. The van der Waals surface area contributed by atoms with Crippen LogP contribution in [0.5, 0.6) is 0 Å². The van der Waals surface area contributed by atoms with E-state index in [0.717, 1.165) is 12.8 Å². The number of carbonyl (C=O) groups is 2. The maximum Gasteiger partial charge on any atom is 0.272 e. The van der Waals surface area contributed by atoms with E-state index < -0.39 is 0 Å². The minimum absolute atomic E-state index is 0.0184. The van der Waals surface area contributed by atoms with E-state index in [1.807, 2.05) is 17.0 Å². The molecule has 1 aromatic heterocycles. The third kappa shape index (κ3) is 5.43. The van der Waals surface area contributed by atoms with E-state index in [4.69, 9.17) is 0 Å². The number of nitrogens with zero attached hydrogens (tertiary/aromatic N) is 2. The lowest BCUT2D eigenvalue weighted by atomic mass is 9.79. The Morgan fingerprint density at radius 2 is 1.67 bits per heavy atom. The van der Waals surface area contributed by atoms with Gasteiger partial charge in [-0.15, -0.1) is 0 Å². The number of hydrogen-bond donors (Lipinski definition) is 3. The van der Waals surface area contributed by atoms with Gasteiger partial charge in [0.1, 0.15) is 0 Å². The summed E-state index contributed by atoms with van der Waals surface area (Å²) in [5.41, 5.74) is 0.283. The molecule has 0 unspecified atom stereocenters. The number of H-pyrrole nitrogens is 1. The molecule has 178 valence electrons. The first kappa shape index (κ1) is 23.4. The highest BCUT2D eigenvalue weighted by molar-refractivity contribution is 5.88. The maximum absolute atomic E-state index is 13.0. The highest BCUT2D eigenvalue weighted by Gasteiger charge is 2.39. The zero-order chi connectivity index (χ0) is 23.8. The van der Waals surface area contributed by atoms with Crippen molar-refractivity contribution in [2.45, 2.75) is 76.9 Å². The SMILES string of the molecule is CC1(C)CC(NC(=O)C2CCN(C(=O)Cc3n[nH]c(=O)c4ccccc34)CC2)CC(C)(C)N1. The van der Waals surface area contributed by atoms with Gasteiger partial charge >= 0.3 is 0 Å². The molecule has 3 N–H and O–H groups in total. The Bertz CT molecular complexity index is 1080. The van der Waals surface area contributed by atoms with E-state index in [-0.39, 0.29) is 46.8 Å². The summed E-state index contributed by atoms with van der Waals surface area (Å²) in [6, 6.07) is 7.35. The van der Waals surface area contributed by atoms with Crippen LogP contribution in [0.4, 0.5) is 0 Å². The summed E-state index contributed by atoms with van der Waals surface area (Å²) >= 11 is 0. The minimum Gasteiger partial charge on any atom is -0.353 e. The predicted octanol–water partition coefficient (Wildman–Crippen LogP) is 2.13. The second-order valence-corrected chi connectivity index (χ2v) is 10.9. The number of carbonyl (C=O) groups excluding carboxylic acids is 2. The summed E-state index contributed by atoms with van der Waals surface area (Å²) in [4.78, 5) is 39.7. The quantitative estimate of drug-likeness (QED) is 0.657. The smallest absolute Gasteiger partial charge is 0.272 e. The summed E-state index contributed by atoms with van der Waals surface area (Å²) in [6.07, 6.45) is 3.26. The average Bonchev–Trinajstić information content (AvgIpc) is 2.73. The standard InChI is InChI=1S/C25H35N5O3/c1-24(2)14-17(15-25(3,4)29-24)26-22(32)16-9-11-30(12-10-16)21(31)13-20-18-7-5-6-8-19(18)23(33)28-27-20/h5-8,16-17,29H,9-15H2,1-4H3,(H,26,32)(H,28,33). The number of aromatic amines is 1. The fourth-order valence-electron chi connectivity index (χ4n) is 5.70. The highest BCUT2D eigenvalue weighted by Crippen LogP contribution is 2.29. The fourth-order valence-corrected chi connectivity index (χ4v) is 5.70. The number of benzene rings is 1. The van der Waals surface area contributed by atoms with Crippen LogP contribution in [0.2, 0.25) is 0 Å². The number of fused-ring (bicyclic) bond motifs is 1. The maximum atomic E-state index is 13.0. The number of piperidine rings is 2. The molecule has 8 nitrogen and oxygen atoms in total. The van der Waals surface area contributed by atoms with Gasteiger partial charge in [0.25, 0.3) is 5.56 Å². The average molecular weight is 454 g/mol. The molecule has 0 aliphatic carbocycles. The molecule has 33 heavy (non-hydrogen) atoms. The molecule has 0 saturated carbocycles. The zero-order valence-electron chi connectivity index (χ0n) is 20.0. The van der Waals surface area contributed by atoms with Crippen molar-refractivity contribution in [1.82, 2.24) is 25.7 Å². The van der Waals surface area contributed by atoms with Crippen molar-refractivity contribution in [2.24, 2.45) is 5.92 Å². The topological polar surface area (TPSA) is 107 Å². The molecule has 2 amide bonds. The molecule has 2 aliphatic rings. The first-order valence-corrected chi connectivity index (χ1v) is 11.9. The van der Waals surface area contributed by atoms with Gasteiger partial charge in [-0.3, -0.25) is 14.4 Å². The van der Waals surface area contributed by atoms with Gasteiger partial charge in [0.2, 0.25) is 11.8 Å². The summed E-state index contributed by atoms with van der Waals surface area (Å²) in [5, 5.41) is 14.8. The van der Waals surface area contributed by atoms with E-state index in [9.17, 15) is 14.4 Å². The van der Waals surface area contributed by atoms with Crippen LogP contribution in [0.25, 0.3) is 10.8 Å². The van der Waals surface area contributed by atoms with E-state index >= 15 is 0 Å². The zero-order valence-corrected chi connectivity index (χ0v) is 20.0. The molecule has 2 aliphatic heterocycles. The van der Waals surface area contributed by atoms with Crippen LogP contribution in [0, 0.1) is 5.92 Å². The number of amides is 2. The van der Waals surface area contributed by atoms with Crippen LogP contribution in [-0.4, -0.2) is 57.1 Å². The number of rotatable bonds is 4. The van der Waals surface area contributed by atoms with E-state index in [2.05, 4.69) is 48.5 Å². The van der Waals surface area contributed by atoms with Crippen molar-refractivity contribution in [2.75, 3.05) is 13.1 Å². The van der Waals surface area contributed by atoms with E-state index in [0.29, 0.717) is 42.4 Å². The lowest BCUT2D eigenvalue weighted by Crippen LogP contribution is -2.62. The number of aromatic nitrogens is 2. The fraction of sp³-hybridized carbons (Fsp3) is 0.600. The molecule has 0 radical (unpaired) electrons. The number of likely N-dealkylation sites (tertiary alicyclic amines) is 1. The molecule has 0 spiro atoms. The van der Waals surface area contributed by atoms with E-state index in [1.54, 1.807) is 12.1 Å². The minimum atomic E-state index is -0.255. The monoisotopic (exact) mass is 453 g/mol. The van der Waals surface area contributed by atoms with Gasteiger partial charge in [-0.2, -0.15) is 5.10 Å². The largest absolute Gasteiger partial charge is 0.353 e. The molecule has 2 fully saturated rings. The third-order valence-electron chi connectivity index (χ3n) is 6.85. The molecule has 2 aromatic rings. The van der Waals surface area contributed by atoms with Crippen molar-refractivity contribution in [3.8, 4) is 0 Å². The van der Waals surface area contributed by atoms with Crippen LogP contribution >= 0.6 is 0 Å². The van der Waals surface area contributed by atoms with Crippen molar-refractivity contribution < 1.29 is 9.59 Å². The van der Waals surface area contributed by atoms with Crippen LogP contribution in [0.15, 0.2) is 29.1 Å². The first-order chi connectivity index (χ1) is 15.5. The number of nitrogens with one attached hydrogen (secondary N) is 3. The lowest BCUT2D eigenvalue weighted by molar-refractivity contribution is -0.135. The van der Waals surface area contributed by atoms with Crippen LogP contribution < -0.4 is 16.2 Å². The van der Waals surface area contributed by atoms with Crippen LogP contribution in [0.3, 0.4) is 0 Å². The van der Waals surface area contributed by atoms with Crippen molar-refractivity contribution >= 4 is 22.6 Å². The van der Waals surface area contributed by atoms with Crippen molar-refractivity contribution in [3.05, 3.63) is 40.3 Å². The van der Waals surface area contributed by atoms with Gasteiger partial charge in [-0.25, -0.2) is 5.10 Å². The van der Waals surface area contributed by atoms with Crippen molar-refractivity contribution in [3.63, 3.8) is 0 Å². The Hall–Kier alpha value is -2.74. The van der Waals surface area contributed by atoms with Gasteiger partial charge in [0, 0.05) is 41.5 Å². The van der Waals surface area contributed by atoms with Crippen molar-refractivity contribution in [1.29, 1.82) is 0 Å². The summed E-state index contributed by atoms with van der Waals surface area (Å²) < 4.78 is 0. The second kappa shape index (κ2) is 8.89. The molecule has 8 heteroatoms. The van der Waals surface area contributed by atoms with Crippen LogP contribution in [-0.2, 0) is 16.0 Å². The van der Waals surface area contributed by atoms with Gasteiger partial charge in [-0.05, 0) is 59.4 Å². The predicted molar refractivity (Wildman–Crippen MR) is 128 cm³/mol. The molecule has 2 saturated heterocycles. The van der Waals surface area contributed by atoms with Crippen LogP contribution in [0.1, 0.15) is 59.1 Å². The first-order valence-electron chi connectivity index (χ1n) is 11.9. The summed E-state index contributed by atoms with van der Waals surface area (Å²) in [7, 11) is 0.